The third kappa shape index (κ3) is 1.46. The molecule has 2 heterocycles. The molecule has 58 valence electrons. The van der Waals surface area contributed by atoms with Crippen LogP contribution in [0.25, 0.3) is 0 Å². The fourth-order valence-electron chi connectivity index (χ4n) is 0.920. The largest absolute Gasteiger partial charge is 0.271 e. The van der Waals surface area contributed by atoms with Crippen LogP contribution in [0.2, 0.25) is 0 Å². The molecule has 2 nitrogen and oxygen atoms in total. The summed E-state index contributed by atoms with van der Waals surface area (Å²) in [5.74, 6) is 1.11. The lowest BCUT2D eigenvalue weighted by Crippen LogP contribution is -1.93. The number of hydrogen-bond acceptors (Lipinski definition) is 4. The molecule has 1 aliphatic heterocycles. The van der Waals surface area contributed by atoms with Crippen LogP contribution in [-0.2, 0) is 0 Å². The summed E-state index contributed by atoms with van der Waals surface area (Å²) >= 11 is 3.47. The summed E-state index contributed by atoms with van der Waals surface area (Å²) < 4.78 is 0. The zero-order chi connectivity index (χ0) is 7.68. The highest BCUT2D eigenvalue weighted by atomic mass is 32.2. The number of thiazole rings is 1. The number of aliphatic imine (C=N–C) groups is 1. The van der Waals surface area contributed by atoms with Gasteiger partial charge in [-0.3, -0.25) is 4.99 Å². The Kier molecular flexibility index (Phi) is 1.96. The summed E-state index contributed by atoms with van der Waals surface area (Å²) in [6, 6.07) is 0.471. The van der Waals surface area contributed by atoms with Crippen LogP contribution in [0, 0.1) is 0 Å². The maximum atomic E-state index is 4.46. The fourth-order valence-corrected chi connectivity index (χ4v) is 2.67. The Balaban J connectivity index is 2.25. The maximum absolute atomic E-state index is 4.46. The van der Waals surface area contributed by atoms with Crippen LogP contribution in [-0.4, -0.2) is 21.8 Å². The normalized spacial score (nSPS) is 23.7. The van der Waals surface area contributed by atoms with E-state index in [9.17, 15) is 0 Å². The highest BCUT2D eigenvalue weighted by molar-refractivity contribution is 8.15. The second-order valence-corrected chi connectivity index (χ2v) is 4.33. The van der Waals surface area contributed by atoms with Gasteiger partial charge in [0, 0.05) is 17.3 Å². The van der Waals surface area contributed by atoms with E-state index < -0.39 is 0 Å². The van der Waals surface area contributed by atoms with Gasteiger partial charge in [-0.05, 0) is 6.92 Å². The van der Waals surface area contributed by atoms with Gasteiger partial charge in [-0.25, -0.2) is 4.98 Å². The van der Waals surface area contributed by atoms with E-state index in [1.807, 2.05) is 11.6 Å². The van der Waals surface area contributed by atoms with Crippen LogP contribution in [0.4, 0.5) is 0 Å². The van der Waals surface area contributed by atoms with Gasteiger partial charge in [-0.2, -0.15) is 0 Å². The monoisotopic (exact) mass is 184 g/mol. The lowest BCUT2D eigenvalue weighted by molar-refractivity contribution is 0.865. The van der Waals surface area contributed by atoms with Gasteiger partial charge in [0.2, 0.25) is 0 Å². The van der Waals surface area contributed by atoms with Crippen molar-refractivity contribution < 1.29 is 0 Å². The van der Waals surface area contributed by atoms with Crippen molar-refractivity contribution >= 4 is 28.1 Å². The van der Waals surface area contributed by atoms with Gasteiger partial charge in [-0.1, -0.05) is 0 Å². The SMILES string of the molecule is C[C@@H]1CSC(c2nccs2)=N1. The molecule has 4 heteroatoms. The Morgan fingerprint density at radius 1 is 1.64 bits per heavy atom. The molecular formula is C7H8N2S2. The standard InChI is InChI=1S/C7H8N2S2/c1-5-4-11-7(9-5)6-8-2-3-10-6/h2-3,5H,4H2,1H3/t5-/m1/s1. The molecule has 0 saturated carbocycles. The van der Waals surface area contributed by atoms with Gasteiger partial charge >= 0.3 is 0 Å². The molecule has 0 saturated heterocycles. The summed E-state index contributed by atoms with van der Waals surface area (Å²) in [5.41, 5.74) is 0. The van der Waals surface area contributed by atoms with Crippen LogP contribution in [0.3, 0.4) is 0 Å². The summed E-state index contributed by atoms with van der Waals surface area (Å²) in [6.45, 7) is 2.13. The Hall–Kier alpha value is -0.350. The summed E-state index contributed by atoms with van der Waals surface area (Å²) in [5, 5.41) is 4.17. The van der Waals surface area contributed by atoms with Gasteiger partial charge in [0.15, 0.2) is 0 Å². The van der Waals surface area contributed by atoms with Gasteiger partial charge in [0.25, 0.3) is 0 Å². The molecule has 0 bridgehead atoms. The molecule has 0 spiro atoms. The first-order valence-electron chi connectivity index (χ1n) is 3.47. The van der Waals surface area contributed by atoms with Crippen molar-refractivity contribution in [3.05, 3.63) is 16.6 Å². The predicted molar refractivity (Wildman–Crippen MR) is 50.6 cm³/mol. The van der Waals surface area contributed by atoms with E-state index in [0.717, 1.165) is 15.8 Å². The van der Waals surface area contributed by atoms with Crippen molar-refractivity contribution in [1.82, 2.24) is 4.98 Å². The van der Waals surface area contributed by atoms with Gasteiger partial charge < -0.3 is 0 Å². The van der Waals surface area contributed by atoms with E-state index in [4.69, 9.17) is 0 Å². The summed E-state index contributed by atoms with van der Waals surface area (Å²) in [6.07, 6.45) is 1.83. The Morgan fingerprint density at radius 2 is 2.55 bits per heavy atom. The second kappa shape index (κ2) is 2.95. The van der Waals surface area contributed by atoms with Crippen molar-refractivity contribution in [2.75, 3.05) is 5.75 Å². The van der Waals surface area contributed by atoms with Crippen molar-refractivity contribution in [3.63, 3.8) is 0 Å². The molecule has 0 N–H and O–H groups in total. The van der Waals surface area contributed by atoms with E-state index in [2.05, 4.69) is 16.9 Å². The van der Waals surface area contributed by atoms with Gasteiger partial charge in [0.05, 0.1) is 6.04 Å². The van der Waals surface area contributed by atoms with Crippen molar-refractivity contribution in [2.45, 2.75) is 13.0 Å². The van der Waals surface area contributed by atoms with E-state index >= 15 is 0 Å². The Bertz CT molecular complexity index is 266. The quantitative estimate of drug-likeness (QED) is 0.667. The van der Waals surface area contributed by atoms with Crippen LogP contribution >= 0.6 is 23.1 Å². The third-order valence-electron chi connectivity index (χ3n) is 1.41. The molecule has 1 aromatic rings. The second-order valence-electron chi connectivity index (χ2n) is 2.43. The molecule has 0 aromatic carbocycles. The molecule has 1 atom stereocenters. The average Bonchev–Trinajstić information content (AvgIpc) is 2.55. The van der Waals surface area contributed by atoms with E-state index in [1.54, 1.807) is 23.1 Å². The zero-order valence-electron chi connectivity index (χ0n) is 6.15. The summed E-state index contributed by atoms with van der Waals surface area (Å²) in [4.78, 5) is 8.66. The number of aromatic nitrogens is 1. The molecule has 1 aliphatic rings. The summed E-state index contributed by atoms with van der Waals surface area (Å²) in [7, 11) is 0. The van der Waals surface area contributed by atoms with E-state index in [0.29, 0.717) is 6.04 Å². The minimum absolute atomic E-state index is 0.471. The maximum Gasteiger partial charge on any atom is 0.147 e. The number of rotatable bonds is 1. The Morgan fingerprint density at radius 3 is 3.09 bits per heavy atom. The van der Waals surface area contributed by atoms with Crippen LogP contribution in [0.15, 0.2) is 16.6 Å². The number of nitrogens with zero attached hydrogens (tertiary/aromatic N) is 2. The molecular weight excluding hydrogens is 176 g/mol. The zero-order valence-corrected chi connectivity index (χ0v) is 7.78. The van der Waals surface area contributed by atoms with Crippen molar-refractivity contribution in [3.8, 4) is 0 Å². The topological polar surface area (TPSA) is 25.2 Å². The molecule has 11 heavy (non-hydrogen) atoms. The van der Waals surface area contributed by atoms with Crippen molar-refractivity contribution in [2.24, 2.45) is 4.99 Å². The molecule has 0 aliphatic carbocycles. The third-order valence-corrected chi connectivity index (χ3v) is 3.54. The minimum atomic E-state index is 0.471. The van der Waals surface area contributed by atoms with E-state index in [1.165, 1.54) is 0 Å². The smallest absolute Gasteiger partial charge is 0.147 e. The van der Waals surface area contributed by atoms with Crippen LogP contribution in [0.1, 0.15) is 11.9 Å². The molecule has 0 fully saturated rings. The van der Waals surface area contributed by atoms with E-state index in [-0.39, 0.29) is 0 Å². The lowest BCUT2D eigenvalue weighted by atomic mass is 10.4. The first-order chi connectivity index (χ1) is 5.36. The molecule has 2 rings (SSSR count). The number of hydrogen-bond donors (Lipinski definition) is 0. The predicted octanol–water partition coefficient (Wildman–Crippen LogP) is 2.03. The first kappa shape index (κ1) is 7.31. The molecule has 0 amide bonds. The van der Waals surface area contributed by atoms with Crippen LogP contribution < -0.4 is 0 Å². The first-order valence-corrected chi connectivity index (χ1v) is 5.33. The van der Waals surface area contributed by atoms with Gasteiger partial charge in [-0.15, -0.1) is 23.1 Å². The molecule has 0 radical (unpaired) electrons. The van der Waals surface area contributed by atoms with Gasteiger partial charge in [0.1, 0.15) is 10.1 Å². The highest BCUT2D eigenvalue weighted by Gasteiger charge is 2.16. The highest BCUT2D eigenvalue weighted by Crippen LogP contribution is 2.23. The number of thioether (sulfide) groups is 1. The minimum Gasteiger partial charge on any atom is -0.271 e. The van der Waals surface area contributed by atoms with Crippen LogP contribution in [0.5, 0.6) is 0 Å². The fraction of sp³-hybridized carbons (Fsp3) is 0.429. The van der Waals surface area contributed by atoms with Crippen molar-refractivity contribution in [1.29, 1.82) is 0 Å². The lowest BCUT2D eigenvalue weighted by Gasteiger charge is -1.88. The molecule has 1 aromatic heterocycles. The average molecular weight is 184 g/mol. The molecule has 0 unspecified atom stereocenters. The Labute approximate surface area is 73.8 Å².